The topological polar surface area (TPSA) is 38.9 Å². The molecule has 0 saturated carbocycles. The highest BCUT2D eigenvalue weighted by atomic mass is 79.9. The van der Waals surface area contributed by atoms with E-state index in [0.717, 1.165) is 20.1 Å². The van der Waals surface area contributed by atoms with Crippen LogP contribution < -0.4 is 5.73 Å². The Kier molecular flexibility index (Phi) is 3.52. The fourth-order valence-corrected chi connectivity index (χ4v) is 2.83. The van der Waals surface area contributed by atoms with Crippen molar-refractivity contribution in [2.75, 3.05) is 5.73 Å². The number of pyridine rings is 1. The third-order valence-corrected chi connectivity index (χ3v) is 3.79. The van der Waals surface area contributed by atoms with Crippen molar-refractivity contribution in [1.82, 2.24) is 4.98 Å². The van der Waals surface area contributed by atoms with Crippen LogP contribution in [0.4, 0.5) is 5.82 Å². The molecule has 0 atom stereocenters. The third-order valence-electron chi connectivity index (χ3n) is 2.13. The molecule has 16 heavy (non-hydrogen) atoms. The number of nitrogens with zero attached hydrogens (tertiary/aromatic N) is 1. The van der Waals surface area contributed by atoms with Gasteiger partial charge in [-0.3, -0.25) is 0 Å². The van der Waals surface area contributed by atoms with Crippen molar-refractivity contribution in [2.24, 2.45) is 0 Å². The Labute approximate surface area is 115 Å². The van der Waals surface area contributed by atoms with Crippen molar-refractivity contribution in [3.63, 3.8) is 0 Å². The summed E-state index contributed by atoms with van der Waals surface area (Å²) >= 11 is 12.7. The van der Waals surface area contributed by atoms with E-state index in [2.05, 4.69) is 36.8 Å². The Hall–Kier alpha value is -0.580. The first-order valence-electron chi connectivity index (χ1n) is 4.45. The van der Waals surface area contributed by atoms with Gasteiger partial charge in [0.2, 0.25) is 0 Å². The SMILES string of the molecule is Nc1ncc(Br)c(-c2ccc(Cl)cc2)c1Br. The number of benzene rings is 1. The Balaban J connectivity index is 2.63. The number of rotatable bonds is 1. The van der Waals surface area contributed by atoms with Gasteiger partial charge in [-0.25, -0.2) is 4.98 Å². The molecular formula is C11H7Br2ClN2. The fraction of sp³-hybridized carbons (Fsp3) is 0. The summed E-state index contributed by atoms with van der Waals surface area (Å²) in [6.07, 6.45) is 1.68. The minimum absolute atomic E-state index is 0.466. The Morgan fingerprint density at radius 2 is 1.75 bits per heavy atom. The predicted octanol–water partition coefficient (Wildman–Crippen LogP) is 4.51. The molecule has 82 valence electrons. The number of aromatic nitrogens is 1. The van der Waals surface area contributed by atoms with Crippen LogP contribution in [0.5, 0.6) is 0 Å². The molecule has 2 nitrogen and oxygen atoms in total. The normalized spacial score (nSPS) is 10.4. The summed E-state index contributed by atoms with van der Waals surface area (Å²) in [6.45, 7) is 0. The predicted molar refractivity (Wildman–Crippen MR) is 74.5 cm³/mol. The largest absolute Gasteiger partial charge is 0.383 e. The van der Waals surface area contributed by atoms with Gasteiger partial charge in [0.15, 0.2) is 0 Å². The standard InChI is InChI=1S/C11H7Br2ClN2/c12-8-5-16-11(15)10(13)9(8)6-1-3-7(14)4-2-6/h1-5H,(H2,15,16). The van der Waals surface area contributed by atoms with Crippen molar-refractivity contribution in [2.45, 2.75) is 0 Å². The minimum atomic E-state index is 0.466. The van der Waals surface area contributed by atoms with Crippen molar-refractivity contribution in [1.29, 1.82) is 0 Å². The molecule has 2 aromatic rings. The Morgan fingerprint density at radius 3 is 2.38 bits per heavy atom. The van der Waals surface area contributed by atoms with E-state index in [1.165, 1.54) is 0 Å². The molecule has 2 N–H and O–H groups in total. The van der Waals surface area contributed by atoms with Gasteiger partial charge in [-0.05, 0) is 49.6 Å². The lowest BCUT2D eigenvalue weighted by molar-refractivity contribution is 1.30. The molecule has 0 unspecified atom stereocenters. The van der Waals surface area contributed by atoms with E-state index >= 15 is 0 Å². The first kappa shape index (κ1) is 11.9. The van der Waals surface area contributed by atoms with E-state index in [1.54, 1.807) is 6.20 Å². The summed E-state index contributed by atoms with van der Waals surface area (Å²) in [6, 6.07) is 7.55. The summed E-state index contributed by atoms with van der Waals surface area (Å²) in [4.78, 5) is 4.04. The Bertz CT molecular complexity index is 526. The molecule has 0 fully saturated rings. The van der Waals surface area contributed by atoms with Crippen molar-refractivity contribution in [3.05, 3.63) is 44.4 Å². The summed E-state index contributed by atoms with van der Waals surface area (Å²) in [5, 5.41) is 0.707. The highest BCUT2D eigenvalue weighted by Gasteiger charge is 2.11. The van der Waals surface area contributed by atoms with Crippen molar-refractivity contribution < 1.29 is 0 Å². The lowest BCUT2D eigenvalue weighted by Crippen LogP contribution is -1.94. The number of halogens is 3. The van der Waals surface area contributed by atoms with Crippen molar-refractivity contribution in [3.8, 4) is 11.1 Å². The van der Waals surface area contributed by atoms with Gasteiger partial charge < -0.3 is 5.73 Å². The maximum Gasteiger partial charge on any atom is 0.138 e. The monoisotopic (exact) mass is 360 g/mol. The van der Waals surface area contributed by atoms with E-state index in [4.69, 9.17) is 17.3 Å². The van der Waals surface area contributed by atoms with Crippen LogP contribution in [0, 0.1) is 0 Å². The summed E-state index contributed by atoms with van der Waals surface area (Å²) < 4.78 is 1.67. The van der Waals surface area contributed by atoms with Crippen LogP contribution in [0.25, 0.3) is 11.1 Å². The minimum Gasteiger partial charge on any atom is -0.383 e. The highest BCUT2D eigenvalue weighted by Crippen LogP contribution is 2.37. The van der Waals surface area contributed by atoms with Crippen LogP contribution in [0.1, 0.15) is 0 Å². The zero-order valence-corrected chi connectivity index (χ0v) is 12.0. The van der Waals surface area contributed by atoms with E-state index in [-0.39, 0.29) is 0 Å². The Morgan fingerprint density at radius 1 is 1.12 bits per heavy atom. The number of anilines is 1. The van der Waals surface area contributed by atoms with Crippen LogP contribution in [-0.2, 0) is 0 Å². The van der Waals surface area contributed by atoms with E-state index in [0.29, 0.717) is 10.8 Å². The maximum absolute atomic E-state index is 5.85. The number of hydrogen-bond donors (Lipinski definition) is 1. The van der Waals surface area contributed by atoms with E-state index in [1.807, 2.05) is 24.3 Å². The van der Waals surface area contributed by atoms with Gasteiger partial charge in [0, 0.05) is 21.3 Å². The molecular weight excluding hydrogens is 355 g/mol. The maximum atomic E-state index is 5.85. The van der Waals surface area contributed by atoms with Gasteiger partial charge >= 0.3 is 0 Å². The molecule has 0 radical (unpaired) electrons. The van der Waals surface area contributed by atoms with Crippen LogP contribution in [0.15, 0.2) is 39.4 Å². The van der Waals surface area contributed by atoms with Gasteiger partial charge in [-0.15, -0.1) is 0 Å². The average Bonchev–Trinajstić information content (AvgIpc) is 2.27. The molecule has 0 spiro atoms. The van der Waals surface area contributed by atoms with Crippen molar-refractivity contribution >= 4 is 49.3 Å². The second-order valence-corrected chi connectivity index (χ2v) is 5.27. The second kappa shape index (κ2) is 4.73. The molecule has 0 aliphatic heterocycles. The van der Waals surface area contributed by atoms with Crippen LogP contribution in [-0.4, -0.2) is 4.98 Å². The van der Waals surface area contributed by atoms with E-state index < -0.39 is 0 Å². The molecule has 0 aliphatic rings. The molecule has 2 rings (SSSR count). The zero-order chi connectivity index (χ0) is 11.7. The molecule has 0 amide bonds. The smallest absolute Gasteiger partial charge is 0.138 e. The van der Waals surface area contributed by atoms with Gasteiger partial charge in [0.05, 0.1) is 4.47 Å². The molecule has 1 heterocycles. The summed E-state index contributed by atoms with van der Waals surface area (Å²) in [5.41, 5.74) is 7.75. The van der Waals surface area contributed by atoms with Gasteiger partial charge in [-0.1, -0.05) is 23.7 Å². The molecule has 1 aromatic carbocycles. The molecule has 1 aromatic heterocycles. The fourth-order valence-electron chi connectivity index (χ4n) is 1.36. The second-order valence-electron chi connectivity index (χ2n) is 3.19. The number of nitrogen functional groups attached to an aromatic ring is 1. The lowest BCUT2D eigenvalue weighted by atomic mass is 10.1. The number of hydrogen-bond acceptors (Lipinski definition) is 2. The first-order valence-corrected chi connectivity index (χ1v) is 6.41. The number of nitrogens with two attached hydrogens (primary N) is 1. The first-order chi connectivity index (χ1) is 7.59. The highest BCUT2D eigenvalue weighted by molar-refractivity contribution is 9.11. The molecule has 0 saturated heterocycles. The zero-order valence-electron chi connectivity index (χ0n) is 8.05. The quantitative estimate of drug-likeness (QED) is 0.811. The average molecular weight is 362 g/mol. The van der Waals surface area contributed by atoms with Gasteiger partial charge in [0.25, 0.3) is 0 Å². The molecule has 5 heteroatoms. The van der Waals surface area contributed by atoms with Gasteiger partial charge in [-0.2, -0.15) is 0 Å². The van der Waals surface area contributed by atoms with Crippen LogP contribution in [0.2, 0.25) is 5.02 Å². The third kappa shape index (κ3) is 2.24. The van der Waals surface area contributed by atoms with E-state index in [9.17, 15) is 0 Å². The van der Waals surface area contributed by atoms with Crippen LogP contribution in [0.3, 0.4) is 0 Å². The lowest BCUT2D eigenvalue weighted by Gasteiger charge is -2.09. The van der Waals surface area contributed by atoms with Gasteiger partial charge in [0.1, 0.15) is 5.82 Å². The van der Waals surface area contributed by atoms with Crippen LogP contribution >= 0.6 is 43.5 Å². The molecule has 0 bridgehead atoms. The molecule has 0 aliphatic carbocycles. The summed E-state index contributed by atoms with van der Waals surface area (Å²) in [7, 11) is 0. The summed E-state index contributed by atoms with van der Waals surface area (Å²) in [5.74, 6) is 0.466.